The maximum absolute atomic E-state index is 11.9. The quantitative estimate of drug-likeness (QED) is 0.486. The highest BCUT2D eigenvalue weighted by atomic mass is 19.4. The maximum atomic E-state index is 11.9. The molecule has 1 rings (SSSR count). The molecule has 1 aromatic rings. The molecular weight excluding hydrogens is 265 g/mol. The van der Waals surface area contributed by atoms with Gasteiger partial charge in [-0.2, -0.15) is 13.2 Å². The van der Waals surface area contributed by atoms with Gasteiger partial charge in [0.2, 0.25) is 0 Å². The molecule has 0 fully saturated rings. The fraction of sp³-hybridized carbons (Fsp3) is 0.500. The fourth-order valence-electron chi connectivity index (χ4n) is 1.30. The highest BCUT2D eigenvalue weighted by Gasteiger charge is 2.25. The largest absolute Gasteiger partial charge is 0.401 e. The first-order chi connectivity index (χ1) is 8.79. The van der Waals surface area contributed by atoms with Crippen molar-refractivity contribution < 1.29 is 18.1 Å². The van der Waals surface area contributed by atoms with Crippen molar-refractivity contribution >= 4 is 11.5 Å². The summed E-state index contributed by atoms with van der Waals surface area (Å²) in [5.74, 6) is 0.458. The van der Waals surface area contributed by atoms with Crippen LogP contribution in [-0.2, 0) is 0 Å². The van der Waals surface area contributed by atoms with E-state index >= 15 is 0 Å². The van der Waals surface area contributed by atoms with Gasteiger partial charge in [-0.15, -0.1) is 0 Å². The summed E-state index contributed by atoms with van der Waals surface area (Å²) < 4.78 is 35.6. The fourth-order valence-corrected chi connectivity index (χ4v) is 1.30. The number of halogens is 3. The van der Waals surface area contributed by atoms with Crippen LogP contribution in [0, 0.1) is 10.1 Å². The summed E-state index contributed by atoms with van der Waals surface area (Å²) in [6.07, 6.45) is -3.13. The molecule has 0 aliphatic heterocycles. The Bertz CT molecular complexity index is 422. The molecule has 1 aromatic heterocycles. The van der Waals surface area contributed by atoms with Gasteiger partial charge in [0.1, 0.15) is 12.0 Å². The van der Waals surface area contributed by atoms with Crippen LogP contribution in [0.4, 0.5) is 24.7 Å². The van der Waals surface area contributed by atoms with E-state index in [-0.39, 0.29) is 12.2 Å². The minimum Gasteiger partial charge on any atom is -0.358 e. The summed E-state index contributed by atoms with van der Waals surface area (Å²) in [6.45, 7) is -0.607. The standard InChI is InChI=1S/C10H13F3N4O2/c1-16(5-4-14-7-10(11,12)13)9-3-2-8(6-15-9)17(18)19/h2-3,6,14H,4-5,7H2,1H3. The van der Waals surface area contributed by atoms with E-state index in [1.165, 1.54) is 12.1 Å². The zero-order valence-electron chi connectivity index (χ0n) is 10.1. The molecule has 0 radical (unpaired) electrons. The number of pyridine rings is 1. The number of nitrogens with zero attached hydrogens (tertiary/aromatic N) is 3. The van der Waals surface area contributed by atoms with E-state index in [4.69, 9.17) is 0 Å². The number of hydrogen-bond donors (Lipinski definition) is 1. The van der Waals surface area contributed by atoms with Crippen LogP contribution in [0.15, 0.2) is 18.3 Å². The Labute approximate surface area is 107 Å². The van der Waals surface area contributed by atoms with Gasteiger partial charge in [0.05, 0.1) is 11.5 Å². The second-order valence-electron chi connectivity index (χ2n) is 3.85. The predicted octanol–water partition coefficient (Wildman–Crippen LogP) is 1.58. The Balaban J connectivity index is 2.41. The molecule has 0 saturated heterocycles. The first kappa shape index (κ1) is 15.2. The van der Waals surface area contributed by atoms with Crippen molar-refractivity contribution in [1.29, 1.82) is 0 Å². The lowest BCUT2D eigenvalue weighted by atomic mass is 10.4. The van der Waals surface area contributed by atoms with E-state index in [0.717, 1.165) is 6.20 Å². The van der Waals surface area contributed by atoms with Gasteiger partial charge < -0.3 is 10.2 Å². The van der Waals surface area contributed by atoms with Gasteiger partial charge in [-0.25, -0.2) is 4.98 Å². The van der Waals surface area contributed by atoms with Gasteiger partial charge in [0.15, 0.2) is 0 Å². The van der Waals surface area contributed by atoms with Gasteiger partial charge in [-0.3, -0.25) is 10.1 Å². The molecule has 0 unspecified atom stereocenters. The molecule has 9 heteroatoms. The van der Waals surface area contributed by atoms with E-state index < -0.39 is 17.6 Å². The van der Waals surface area contributed by atoms with Crippen LogP contribution in [0.3, 0.4) is 0 Å². The first-order valence-corrected chi connectivity index (χ1v) is 5.38. The van der Waals surface area contributed by atoms with Gasteiger partial charge in [0.25, 0.3) is 5.69 Å². The number of rotatable bonds is 6. The molecule has 0 aliphatic rings. The topological polar surface area (TPSA) is 71.3 Å². The summed E-state index contributed by atoms with van der Waals surface area (Å²) in [5, 5.41) is 12.7. The lowest BCUT2D eigenvalue weighted by molar-refractivity contribution is -0.385. The van der Waals surface area contributed by atoms with Crippen LogP contribution < -0.4 is 10.2 Å². The first-order valence-electron chi connectivity index (χ1n) is 5.38. The lowest BCUT2D eigenvalue weighted by Crippen LogP contribution is -2.35. The Morgan fingerprint density at radius 1 is 1.47 bits per heavy atom. The minimum absolute atomic E-state index is 0.132. The second kappa shape index (κ2) is 6.32. The molecule has 0 amide bonds. The van der Waals surface area contributed by atoms with Crippen LogP contribution in [0.1, 0.15) is 0 Å². The van der Waals surface area contributed by atoms with Crippen LogP contribution in [0.5, 0.6) is 0 Å². The highest BCUT2D eigenvalue weighted by Crippen LogP contribution is 2.14. The molecule has 19 heavy (non-hydrogen) atoms. The summed E-state index contributed by atoms with van der Waals surface area (Å²) in [6, 6.07) is 2.74. The third kappa shape index (κ3) is 5.51. The summed E-state index contributed by atoms with van der Waals surface area (Å²) in [7, 11) is 1.64. The number of alkyl halides is 3. The molecule has 0 aliphatic carbocycles. The number of hydrogen-bond acceptors (Lipinski definition) is 5. The molecule has 0 spiro atoms. The number of anilines is 1. The van der Waals surface area contributed by atoms with Crippen molar-refractivity contribution in [1.82, 2.24) is 10.3 Å². The molecule has 0 aromatic carbocycles. The zero-order valence-corrected chi connectivity index (χ0v) is 10.1. The van der Waals surface area contributed by atoms with Crippen molar-refractivity contribution in [2.24, 2.45) is 0 Å². The van der Waals surface area contributed by atoms with E-state index in [2.05, 4.69) is 10.3 Å². The van der Waals surface area contributed by atoms with Crippen molar-refractivity contribution in [2.45, 2.75) is 6.18 Å². The number of nitro groups is 1. The normalized spacial score (nSPS) is 11.4. The number of likely N-dealkylation sites (N-methyl/N-ethyl adjacent to an activating group) is 1. The van der Waals surface area contributed by atoms with Gasteiger partial charge in [0, 0.05) is 26.2 Å². The molecule has 106 valence electrons. The molecule has 1 N–H and O–H groups in total. The number of aromatic nitrogens is 1. The molecular formula is C10H13F3N4O2. The van der Waals surface area contributed by atoms with Crippen LogP contribution in [-0.4, -0.2) is 42.8 Å². The van der Waals surface area contributed by atoms with Gasteiger partial charge >= 0.3 is 6.18 Å². The Hall–Kier alpha value is -1.90. The average Bonchev–Trinajstić information content (AvgIpc) is 2.33. The predicted molar refractivity (Wildman–Crippen MR) is 63.1 cm³/mol. The third-order valence-electron chi connectivity index (χ3n) is 2.28. The Morgan fingerprint density at radius 2 is 2.16 bits per heavy atom. The lowest BCUT2D eigenvalue weighted by Gasteiger charge is -2.18. The summed E-state index contributed by atoms with van der Waals surface area (Å²) >= 11 is 0. The smallest absolute Gasteiger partial charge is 0.358 e. The van der Waals surface area contributed by atoms with Crippen LogP contribution in [0.25, 0.3) is 0 Å². The average molecular weight is 278 g/mol. The zero-order chi connectivity index (χ0) is 14.5. The van der Waals surface area contributed by atoms with Gasteiger partial charge in [-0.05, 0) is 6.07 Å². The van der Waals surface area contributed by atoms with E-state index in [1.807, 2.05) is 0 Å². The van der Waals surface area contributed by atoms with E-state index in [0.29, 0.717) is 12.4 Å². The molecule has 1 heterocycles. The van der Waals surface area contributed by atoms with Crippen molar-refractivity contribution in [2.75, 3.05) is 31.6 Å². The summed E-state index contributed by atoms with van der Waals surface area (Å²) in [5.41, 5.74) is -0.132. The van der Waals surface area contributed by atoms with Crippen molar-refractivity contribution in [3.8, 4) is 0 Å². The maximum Gasteiger partial charge on any atom is 0.401 e. The molecule has 0 bridgehead atoms. The Kier molecular flexibility index (Phi) is 5.04. The van der Waals surface area contributed by atoms with E-state index in [9.17, 15) is 23.3 Å². The monoisotopic (exact) mass is 278 g/mol. The SMILES string of the molecule is CN(CCNCC(F)(F)F)c1ccc([N+](=O)[O-])cn1. The summed E-state index contributed by atoms with van der Waals surface area (Å²) in [4.78, 5) is 15.3. The van der Waals surface area contributed by atoms with Crippen LogP contribution >= 0.6 is 0 Å². The molecule has 6 nitrogen and oxygen atoms in total. The van der Waals surface area contributed by atoms with Crippen molar-refractivity contribution in [3.05, 3.63) is 28.4 Å². The van der Waals surface area contributed by atoms with E-state index in [1.54, 1.807) is 11.9 Å². The second-order valence-corrected chi connectivity index (χ2v) is 3.85. The number of nitrogens with one attached hydrogen (secondary N) is 1. The van der Waals surface area contributed by atoms with Crippen molar-refractivity contribution in [3.63, 3.8) is 0 Å². The van der Waals surface area contributed by atoms with Gasteiger partial charge in [-0.1, -0.05) is 0 Å². The van der Waals surface area contributed by atoms with Crippen LogP contribution in [0.2, 0.25) is 0 Å². The molecule has 0 saturated carbocycles. The third-order valence-corrected chi connectivity index (χ3v) is 2.28. The Morgan fingerprint density at radius 3 is 2.63 bits per heavy atom. The minimum atomic E-state index is -4.23. The molecule has 0 atom stereocenters. The highest BCUT2D eigenvalue weighted by molar-refractivity contribution is 5.42.